The normalized spacial score (nSPS) is 25.0. The lowest BCUT2D eigenvalue weighted by atomic mass is 9.83. The number of likely N-dealkylation sites (tertiary alicyclic amines) is 1. The maximum Gasteiger partial charge on any atom is 0.242 e. The van der Waals surface area contributed by atoms with E-state index in [0.717, 1.165) is 48.8 Å². The molecule has 26 heavy (non-hydrogen) atoms. The Balaban J connectivity index is 1.70. The molecule has 2 aromatic rings. The molecule has 0 spiro atoms. The molecule has 4 rings (SSSR count). The predicted molar refractivity (Wildman–Crippen MR) is 105 cm³/mol. The van der Waals surface area contributed by atoms with Crippen molar-refractivity contribution >= 4 is 23.0 Å². The average Bonchev–Trinajstić information content (AvgIpc) is 3.40. The zero-order valence-corrected chi connectivity index (χ0v) is 15.5. The molecule has 2 aliphatic rings. The molecule has 1 aromatic heterocycles. The molecule has 0 unspecified atom stereocenters. The van der Waals surface area contributed by atoms with Crippen LogP contribution in [0.2, 0.25) is 0 Å². The van der Waals surface area contributed by atoms with E-state index in [1.165, 1.54) is 5.56 Å². The molecule has 1 aliphatic carbocycles. The van der Waals surface area contributed by atoms with Crippen LogP contribution in [0, 0.1) is 5.92 Å². The molecule has 1 saturated heterocycles. The smallest absolute Gasteiger partial charge is 0.242 e. The molecule has 2 atom stereocenters. The summed E-state index contributed by atoms with van der Waals surface area (Å²) in [5.41, 5.74) is 8.87. The van der Waals surface area contributed by atoms with E-state index in [1.807, 2.05) is 23.4 Å². The number of fused-ring (bicyclic) bond motifs is 1. The zero-order valence-electron chi connectivity index (χ0n) is 15.5. The summed E-state index contributed by atoms with van der Waals surface area (Å²) < 4.78 is 0. The average molecular weight is 350 g/mol. The van der Waals surface area contributed by atoms with Gasteiger partial charge < -0.3 is 10.6 Å². The highest BCUT2D eigenvalue weighted by molar-refractivity contribution is 5.99. The lowest BCUT2D eigenvalue weighted by Gasteiger charge is -2.38. The zero-order chi connectivity index (χ0) is 18.3. The van der Waals surface area contributed by atoms with E-state index in [0.29, 0.717) is 11.8 Å². The van der Waals surface area contributed by atoms with Gasteiger partial charge >= 0.3 is 0 Å². The van der Waals surface area contributed by atoms with E-state index < -0.39 is 5.54 Å². The van der Waals surface area contributed by atoms with Gasteiger partial charge in [0, 0.05) is 49.4 Å². The standard InChI is InChI=1S/C21H26N4O/c1-14-10-16(13-25(12-14)20(26)21(22)7-8-21)17-6-5-15(11-23-2)19-18(17)4-3-9-24-19/h3-6,9,11,14,16H,7-8,10,12-13,22H2,1-2H3/t14-,16+/m1/s1. The number of benzene rings is 1. The van der Waals surface area contributed by atoms with Gasteiger partial charge in [0.05, 0.1) is 11.1 Å². The van der Waals surface area contributed by atoms with Crippen LogP contribution in [0.5, 0.6) is 0 Å². The molecule has 1 amide bonds. The van der Waals surface area contributed by atoms with Crippen LogP contribution < -0.4 is 5.73 Å². The number of aromatic nitrogens is 1. The van der Waals surface area contributed by atoms with Crippen molar-refractivity contribution in [2.75, 3.05) is 20.1 Å². The van der Waals surface area contributed by atoms with Gasteiger partial charge in [0.1, 0.15) is 0 Å². The van der Waals surface area contributed by atoms with Crippen molar-refractivity contribution in [1.29, 1.82) is 0 Å². The van der Waals surface area contributed by atoms with E-state index in [2.05, 4.69) is 35.1 Å². The number of hydrogen-bond donors (Lipinski definition) is 1. The fraction of sp³-hybridized carbons (Fsp3) is 0.476. The predicted octanol–water partition coefficient (Wildman–Crippen LogP) is 2.73. The number of carbonyl (C=O) groups is 1. The molecule has 2 N–H and O–H groups in total. The third kappa shape index (κ3) is 3.01. The molecular formula is C21H26N4O. The number of nitrogens with two attached hydrogens (primary N) is 1. The van der Waals surface area contributed by atoms with Gasteiger partial charge in [-0.15, -0.1) is 0 Å². The highest BCUT2D eigenvalue weighted by Gasteiger charge is 2.49. The van der Waals surface area contributed by atoms with E-state index in [-0.39, 0.29) is 5.91 Å². The summed E-state index contributed by atoms with van der Waals surface area (Å²) in [6, 6.07) is 8.38. The van der Waals surface area contributed by atoms with Crippen LogP contribution in [0.1, 0.15) is 43.2 Å². The van der Waals surface area contributed by atoms with Crippen LogP contribution in [0.25, 0.3) is 10.9 Å². The number of nitrogens with zero attached hydrogens (tertiary/aromatic N) is 3. The van der Waals surface area contributed by atoms with Gasteiger partial charge in [0.25, 0.3) is 0 Å². The second kappa shape index (κ2) is 6.47. The summed E-state index contributed by atoms with van der Waals surface area (Å²) in [6.45, 7) is 3.78. The van der Waals surface area contributed by atoms with E-state index >= 15 is 0 Å². The van der Waals surface area contributed by atoms with Crippen molar-refractivity contribution in [2.45, 2.75) is 37.6 Å². The lowest BCUT2D eigenvalue weighted by Crippen LogP contribution is -2.50. The number of rotatable bonds is 3. The minimum Gasteiger partial charge on any atom is -0.340 e. The van der Waals surface area contributed by atoms with Crippen molar-refractivity contribution in [3.63, 3.8) is 0 Å². The second-order valence-corrected chi connectivity index (χ2v) is 7.93. The first-order chi connectivity index (χ1) is 12.5. The summed E-state index contributed by atoms with van der Waals surface area (Å²) in [7, 11) is 1.77. The van der Waals surface area contributed by atoms with Crippen LogP contribution in [-0.2, 0) is 4.79 Å². The topological polar surface area (TPSA) is 71.6 Å². The van der Waals surface area contributed by atoms with Crippen molar-refractivity contribution in [3.05, 3.63) is 41.6 Å². The molecule has 0 bridgehead atoms. The fourth-order valence-corrected chi connectivity index (χ4v) is 4.22. The van der Waals surface area contributed by atoms with Gasteiger partial charge in [0.2, 0.25) is 5.91 Å². The Morgan fingerprint density at radius 1 is 1.35 bits per heavy atom. The van der Waals surface area contributed by atoms with Crippen LogP contribution >= 0.6 is 0 Å². The van der Waals surface area contributed by atoms with Gasteiger partial charge in [-0.3, -0.25) is 14.8 Å². The van der Waals surface area contributed by atoms with Crippen molar-refractivity contribution in [2.24, 2.45) is 16.6 Å². The molecule has 0 radical (unpaired) electrons. The SMILES string of the molecule is CN=Cc1ccc([C@H]2C[C@@H](C)CN(C(=O)C3(N)CC3)C2)c2cccnc12. The second-order valence-electron chi connectivity index (χ2n) is 7.93. The van der Waals surface area contributed by atoms with Gasteiger partial charge in [-0.25, -0.2) is 0 Å². The number of pyridine rings is 1. The van der Waals surface area contributed by atoms with Crippen LogP contribution in [0.3, 0.4) is 0 Å². The van der Waals surface area contributed by atoms with Gasteiger partial charge in [-0.2, -0.15) is 0 Å². The van der Waals surface area contributed by atoms with Crippen LogP contribution in [0.15, 0.2) is 35.5 Å². The first kappa shape index (κ1) is 17.2. The minimum atomic E-state index is -0.591. The number of amides is 1. The molecule has 1 saturated carbocycles. The summed E-state index contributed by atoms with van der Waals surface area (Å²) >= 11 is 0. The summed E-state index contributed by atoms with van der Waals surface area (Å²) in [4.78, 5) is 23.5. The Bertz CT molecular complexity index is 871. The van der Waals surface area contributed by atoms with Crippen LogP contribution in [0.4, 0.5) is 0 Å². The van der Waals surface area contributed by atoms with E-state index in [9.17, 15) is 4.79 Å². The first-order valence-corrected chi connectivity index (χ1v) is 9.40. The lowest BCUT2D eigenvalue weighted by molar-refractivity contribution is -0.135. The molecule has 2 heterocycles. The fourth-order valence-electron chi connectivity index (χ4n) is 4.22. The minimum absolute atomic E-state index is 0.131. The molecule has 5 heteroatoms. The van der Waals surface area contributed by atoms with E-state index in [1.54, 1.807) is 7.05 Å². The molecule has 1 aliphatic heterocycles. The number of carbonyl (C=O) groups excluding carboxylic acids is 1. The number of piperidine rings is 1. The maximum atomic E-state index is 12.8. The Morgan fingerprint density at radius 3 is 2.88 bits per heavy atom. The summed E-state index contributed by atoms with van der Waals surface area (Å²) in [6.07, 6.45) is 6.39. The summed E-state index contributed by atoms with van der Waals surface area (Å²) in [5.74, 6) is 0.902. The van der Waals surface area contributed by atoms with Crippen molar-refractivity contribution < 1.29 is 4.79 Å². The Hall–Kier alpha value is -2.27. The van der Waals surface area contributed by atoms with Crippen molar-refractivity contribution in [3.8, 4) is 0 Å². The van der Waals surface area contributed by atoms with Crippen LogP contribution in [-0.4, -0.2) is 47.7 Å². The Labute approximate surface area is 154 Å². The first-order valence-electron chi connectivity index (χ1n) is 9.40. The third-order valence-electron chi connectivity index (χ3n) is 5.70. The largest absolute Gasteiger partial charge is 0.340 e. The summed E-state index contributed by atoms with van der Waals surface area (Å²) in [5, 5.41) is 1.16. The molecule has 5 nitrogen and oxygen atoms in total. The monoisotopic (exact) mass is 350 g/mol. The molecule has 1 aromatic carbocycles. The highest BCUT2D eigenvalue weighted by Crippen LogP contribution is 2.39. The van der Waals surface area contributed by atoms with Crippen molar-refractivity contribution in [1.82, 2.24) is 9.88 Å². The Kier molecular flexibility index (Phi) is 4.27. The maximum absolute atomic E-state index is 12.8. The Morgan fingerprint density at radius 2 is 2.15 bits per heavy atom. The number of hydrogen-bond acceptors (Lipinski definition) is 4. The quantitative estimate of drug-likeness (QED) is 0.865. The third-order valence-corrected chi connectivity index (χ3v) is 5.70. The van der Waals surface area contributed by atoms with Gasteiger partial charge in [-0.05, 0) is 36.8 Å². The van der Waals surface area contributed by atoms with Gasteiger partial charge in [-0.1, -0.05) is 25.1 Å². The number of aliphatic imine (C=N–C) groups is 1. The van der Waals surface area contributed by atoms with E-state index in [4.69, 9.17) is 5.73 Å². The van der Waals surface area contributed by atoms with Gasteiger partial charge in [0.15, 0.2) is 0 Å². The highest BCUT2D eigenvalue weighted by atomic mass is 16.2. The molecule has 136 valence electrons. The molecular weight excluding hydrogens is 324 g/mol. The molecule has 2 fully saturated rings.